The van der Waals surface area contributed by atoms with Crippen molar-refractivity contribution in [3.63, 3.8) is 0 Å². The Morgan fingerprint density at radius 1 is 1.53 bits per heavy atom. The van der Waals surface area contributed by atoms with E-state index in [4.69, 9.17) is 4.74 Å². The molecule has 0 radical (unpaired) electrons. The second-order valence-corrected chi connectivity index (χ2v) is 4.86. The van der Waals surface area contributed by atoms with Crippen LogP contribution in [0.15, 0.2) is 11.6 Å². The van der Waals surface area contributed by atoms with Gasteiger partial charge in [-0.2, -0.15) is 0 Å². The highest BCUT2D eigenvalue weighted by Crippen LogP contribution is 2.12. The lowest BCUT2D eigenvalue weighted by atomic mass is 9.99. The van der Waals surface area contributed by atoms with E-state index >= 15 is 0 Å². The van der Waals surface area contributed by atoms with Gasteiger partial charge in [-0.05, 0) is 31.8 Å². The summed E-state index contributed by atoms with van der Waals surface area (Å²) in [6.45, 7) is 2.99. The van der Waals surface area contributed by atoms with Gasteiger partial charge in [0.25, 0.3) is 0 Å². The van der Waals surface area contributed by atoms with Crippen molar-refractivity contribution in [3.05, 3.63) is 16.6 Å². The quantitative estimate of drug-likeness (QED) is 0.833. The molecule has 1 aromatic rings. The van der Waals surface area contributed by atoms with Crippen molar-refractivity contribution in [2.45, 2.75) is 12.8 Å². The Labute approximate surface area is 111 Å². The van der Waals surface area contributed by atoms with Gasteiger partial charge in [-0.1, -0.05) is 0 Å². The van der Waals surface area contributed by atoms with E-state index in [0.29, 0.717) is 17.5 Å². The summed E-state index contributed by atoms with van der Waals surface area (Å²) in [6, 6.07) is 0. The zero-order chi connectivity index (χ0) is 11.2. The highest BCUT2D eigenvalue weighted by molar-refractivity contribution is 7.11. The molecule has 0 atom stereocenters. The SMILES string of the molecule is Cl.O=C(COCC1CCNCC1)c1nccs1. The molecule has 6 heteroatoms. The molecule has 1 aliphatic rings. The van der Waals surface area contributed by atoms with Crippen LogP contribution in [0.3, 0.4) is 0 Å². The van der Waals surface area contributed by atoms with Crippen molar-refractivity contribution < 1.29 is 9.53 Å². The average molecular weight is 277 g/mol. The third-order valence-corrected chi connectivity index (χ3v) is 3.53. The van der Waals surface area contributed by atoms with E-state index in [1.54, 1.807) is 11.6 Å². The molecule has 1 aromatic heterocycles. The summed E-state index contributed by atoms with van der Waals surface area (Å²) < 4.78 is 5.45. The fraction of sp³-hybridized carbons (Fsp3) is 0.636. The van der Waals surface area contributed by atoms with Gasteiger partial charge in [0, 0.05) is 11.6 Å². The number of halogens is 1. The molecule has 0 spiro atoms. The lowest BCUT2D eigenvalue weighted by Crippen LogP contribution is -2.30. The van der Waals surface area contributed by atoms with Crippen molar-refractivity contribution in [2.24, 2.45) is 5.92 Å². The minimum absolute atomic E-state index is 0. The van der Waals surface area contributed by atoms with Crippen molar-refractivity contribution in [1.29, 1.82) is 0 Å². The lowest BCUT2D eigenvalue weighted by molar-refractivity contribution is 0.0638. The number of ether oxygens (including phenoxy) is 1. The molecule has 1 aliphatic heterocycles. The van der Waals surface area contributed by atoms with Crippen molar-refractivity contribution >= 4 is 29.5 Å². The van der Waals surface area contributed by atoms with E-state index in [9.17, 15) is 4.79 Å². The average Bonchev–Trinajstić information content (AvgIpc) is 2.84. The van der Waals surface area contributed by atoms with E-state index in [2.05, 4.69) is 10.3 Å². The molecule has 4 nitrogen and oxygen atoms in total. The van der Waals surface area contributed by atoms with Gasteiger partial charge in [0.05, 0.1) is 6.61 Å². The number of thiazole rings is 1. The van der Waals surface area contributed by atoms with Gasteiger partial charge in [-0.3, -0.25) is 4.79 Å². The first-order valence-electron chi connectivity index (χ1n) is 5.57. The molecule has 1 fully saturated rings. The van der Waals surface area contributed by atoms with Gasteiger partial charge in [0.1, 0.15) is 6.61 Å². The molecule has 96 valence electrons. The van der Waals surface area contributed by atoms with Crippen LogP contribution >= 0.6 is 23.7 Å². The minimum atomic E-state index is -0.0102. The van der Waals surface area contributed by atoms with Crippen LogP contribution in [0.5, 0.6) is 0 Å². The van der Waals surface area contributed by atoms with E-state index in [1.165, 1.54) is 11.3 Å². The minimum Gasteiger partial charge on any atom is -0.373 e. The third-order valence-electron chi connectivity index (χ3n) is 2.72. The standard InChI is InChI=1S/C11H16N2O2S.ClH/c14-10(11-13-5-6-16-11)8-15-7-9-1-3-12-4-2-9;/h5-6,9,12H,1-4,7-8H2;1H. The summed E-state index contributed by atoms with van der Waals surface area (Å²) in [5, 5.41) is 5.66. The molecular formula is C11H17ClN2O2S. The van der Waals surface area contributed by atoms with Crippen LogP contribution in [0.4, 0.5) is 0 Å². The number of nitrogens with one attached hydrogen (secondary N) is 1. The zero-order valence-electron chi connectivity index (χ0n) is 9.55. The van der Waals surface area contributed by atoms with Crippen LogP contribution in [0, 0.1) is 5.92 Å². The Balaban J connectivity index is 0.00000144. The maximum atomic E-state index is 11.6. The number of rotatable bonds is 5. The number of ketones is 1. The Morgan fingerprint density at radius 2 is 2.29 bits per heavy atom. The summed E-state index contributed by atoms with van der Waals surface area (Å²) in [5.41, 5.74) is 0. The molecule has 1 N–H and O–H groups in total. The topological polar surface area (TPSA) is 51.2 Å². The fourth-order valence-electron chi connectivity index (χ4n) is 1.79. The first kappa shape index (κ1) is 14.6. The summed E-state index contributed by atoms with van der Waals surface area (Å²) in [5.74, 6) is 0.592. The second-order valence-electron chi connectivity index (χ2n) is 3.97. The van der Waals surface area contributed by atoms with Gasteiger partial charge in [-0.25, -0.2) is 4.98 Å². The maximum absolute atomic E-state index is 11.6. The summed E-state index contributed by atoms with van der Waals surface area (Å²) in [6.07, 6.45) is 3.93. The van der Waals surface area contributed by atoms with Gasteiger partial charge < -0.3 is 10.1 Å². The molecule has 2 heterocycles. The van der Waals surface area contributed by atoms with Gasteiger partial charge in [-0.15, -0.1) is 23.7 Å². The number of Topliss-reactive ketones (excluding diaryl/α,β-unsaturated/α-hetero) is 1. The van der Waals surface area contributed by atoms with Crippen LogP contribution in [0.2, 0.25) is 0 Å². The number of hydrogen-bond acceptors (Lipinski definition) is 5. The fourth-order valence-corrected chi connectivity index (χ4v) is 2.35. The number of carbonyl (C=O) groups excluding carboxylic acids is 1. The van der Waals surface area contributed by atoms with E-state index in [-0.39, 0.29) is 24.8 Å². The molecule has 17 heavy (non-hydrogen) atoms. The molecule has 1 saturated heterocycles. The normalized spacial score (nSPS) is 16.5. The molecule has 2 rings (SSSR count). The number of hydrogen-bond donors (Lipinski definition) is 1. The number of aromatic nitrogens is 1. The third kappa shape index (κ3) is 4.71. The van der Waals surface area contributed by atoms with Crippen molar-refractivity contribution in [3.8, 4) is 0 Å². The predicted octanol–water partition coefficient (Wildman–Crippen LogP) is 1.76. The summed E-state index contributed by atoms with van der Waals surface area (Å²) in [7, 11) is 0. The summed E-state index contributed by atoms with van der Waals surface area (Å²) >= 11 is 1.37. The van der Waals surface area contributed by atoms with E-state index in [1.807, 2.05) is 0 Å². The highest BCUT2D eigenvalue weighted by atomic mass is 35.5. The predicted molar refractivity (Wildman–Crippen MR) is 70.1 cm³/mol. The van der Waals surface area contributed by atoms with Crippen LogP contribution < -0.4 is 5.32 Å². The number of piperidine rings is 1. The van der Waals surface area contributed by atoms with E-state index < -0.39 is 0 Å². The Kier molecular flexibility index (Phi) is 6.65. The van der Waals surface area contributed by atoms with E-state index in [0.717, 1.165) is 25.9 Å². The van der Waals surface area contributed by atoms with Crippen molar-refractivity contribution in [1.82, 2.24) is 10.3 Å². The Morgan fingerprint density at radius 3 is 2.94 bits per heavy atom. The monoisotopic (exact) mass is 276 g/mol. The molecule has 0 aliphatic carbocycles. The first-order valence-corrected chi connectivity index (χ1v) is 6.45. The number of carbonyl (C=O) groups is 1. The smallest absolute Gasteiger partial charge is 0.216 e. The highest BCUT2D eigenvalue weighted by Gasteiger charge is 2.14. The molecule has 0 saturated carbocycles. The molecular weight excluding hydrogens is 260 g/mol. The second kappa shape index (κ2) is 7.76. The molecule has 0 unspecified atom stereocenters. The van der Waals surface area contributed by atoms with Crippen LogP contribution in [0.25, 0.3) is 0 Å². The number of nitrogens with zero attached hydrogens (tertiary/aromatic N) is 1. The first-order chi connectivity index (χ1) is 7.86. The van der Waals surface area contributed by atoms with Gasteiger partial charge in [0.2, 0.25) is 5.78 Å². The largest absolute Gasteiger partial charge is 0.373 e. The van der Waals surface area contributed by atoms with Gasteiger partial charge in [0.15, 0.2) is 5.01 Å². The molecule has 0 aromatic carbocycles. The van der Waals surface area contributed by atoms with Gasteiger partial charge >= 0.3 is 0 Å². The Bertz CT molecular complexity index is 326. The molecule has 0 bridgehead atoms. The summed E-state index contributed by atoms with van der Waals surface area (Å²) in [4.78, 5) is 15.5. The molecule has 0 amide bonds. The van der Waals surface area contributed by atoms with Crippen LogP contribution in [-0.2, 0) is 4.74 Å². The Hall–Kier alpha value is -0.490. The van der Waals surface area contributed by atoms with Crippen LogP contribution in [0.1, 0.15) is 22.6 Å². The van der Waals surface area contributed by atoms with Crippen LogP contribution in [-0.4, -0.2) is 37.1 Å². The zero-order valence-corrected chi connectivity index (χ0v) is 11.2. The lowest BCUT2D eigenvalue weighted by Gasteiger charge is -2.21. The van der Waals surface area contributed by atoms with Crippen molar-refractivity contribution in [2.75, 3.05) is 26.3 Å². The maximum Gasteiger partial charge on any atom is 0.216 e.